The fourth-order valence-corrected chi connectivity index (χ4v) is 1.42. The number of phenols is 1. The molecule has 1 aromatic carbocycles. The van der Waals surface area contributed by atoms with E-state index in [9.17, 15) is 5.11 Å². The van der Waals surface area contributed by atoms with Crippen molar-refractivity contribution in [2.45, 2.75) is 6.54 Å². The minimum Gasteiger partial charge on any atom is -0.508 e. The molecule has 0 fully saturated rings. The van der Waals surface area contributed by atoms with Crippen molar-refractivity contribution in [3.63, 3.8) is 0 Å². The van der Waals surface area contributed by atoms with E-state index in [-0.39, 0.29) is 24.0 Å². The maximum atomic E-state index is 9.23. The molecule has 3 heteroatoms. The van der Waals surface area contributed by atoms with Gasteiger partial charge in [0.25, 0.3) is 0 Å². The van der Waals surface area contributed by atoms with Gasteiger partial charge in [-0.15, -0.1) is 24.0 Å². The molecule has 0 bridgehead atoms. The van der Waals surface area contributed by atoms with E-state index in [1.807, 2.05) is 25.4 Å². The predicted molar refractivity (Wildman–Crippen MR) is 64.0 cm³/mol. The van der Waals surface area contributed by atoms with Gasteiger partial charge in [-0.3, -0.25) is 0 Å². The third kappa shape index (κ3) is 2.15. The number of hydrogen-bond donors (Lipinski definition) is 1. The minimum absolute atomic E-state index is 0. The summed E-state index contributed by atoms with van der Waals surface area (Å²) in [5.41, 5.74) is 2.38. The summed E-state index contributed by atoms with van der Waals surface area (Å²) in [5.74, 6) is 0.345. The molecule has 2 nitrogen and oxygen atoms in total. The third-order valence-corrected chi connectivity index (χ3v) is 2.05. The largest absolute Gasteiger partial charge is 0.508 e. The molecule has 1 aliphatic heterocycles. The molecule has 13 heavy (non-hydrogen) atoms. The Balaban J connectivity index is 0.000000845. The molecule has 0 unspecified atom stereocenters. The topological polar surface area (TPSA) is 23.5 Å². The normalized spacial score (nSPS) is 13.5. The first-order valence-electron chi connectivity index (χ1n) is 3.96. The Labute approximate surface area is 94.9 Å². The van der Waals surface area contributed by atoms with Crippen LogP contribution in [0.2, 0.25) is 0 Å². The number of phenolic OH excluding ortho intramolecular Hbond substituents is 1. The van der Waals surface area contributed by atoms with Gasteiger partial charge in [0.05, 0.1) is 0 Å². The van der Waals surface area contributed by atoms with Crippen molar-refractivity contribution in [2.75, 3.05) is 7.05 Å². The molecule has 0 saturated heterocycles. The van der Waals surface area contributed by atoms with Crippen LogP contribution in [0.1, 0.15) is 11.1 Å². The standard InChI is InChI=1S/C10H11NO.HI/c1-11-5-4-8-2-3-10(12)6-9(8)7-11;/h2-6,12H,7H2,1H3;1H. The van der Waals surface area contributed by atoms with E-state index in [1.54, 1.807) is 6.07 Å². The Morgan fingerprint density at radius 2 is 2.15 bits per heavy atom. The highest BCUT2D eigenvalue weighted by Crippen LogP contribution is 2.22. The van der Waals surface area contributed by atoms with Crippen LogP contribution in [-0.4, -0.2) is 17.1 Å². The minimum atomic E-state index is 0. The lowest BCUT2D eigenvalue weighted by Crippen LogP contribution is -2.13. The first-order chi connectivity index (χ1) is 5.75. The van der Waals surface area contributed by atoms with Crippen molar-refractivity contribution in [3.05, 3.63) is 35.5 Å². The molecule has 0 aliphatic carbocycles. The highest BCUT2D eigenvalue weighted by Gasteiger charge is 2.06. The predicted octanol–water partition coefficient (Wildman–Crippen LogP) is 2.43. The van der Waals surface area contributed by atoms with E-state index >= 15 is 0 Å². The molecule has 0 aromatic heterocycles. The maximum absolute atomic E-state index is 9.23. The molecule has 1 aliphatic rings. The zero-order valence-corrected chi connectivity index (χ0v) is 9.73. The van der Waals surface area contributed by atoms with E-state index in [2.05, 4.69) is 11.0 Å². The van der Waals surface area contributed by atoms with Crippen LogP contribution in [0.25, 0.3) is 6.08 Å². The van der Waals surface area contributed by atoms with Crippen LogP contribution in [0.4, 0.5) is 0 Å². The second-order valence-corrected chi connectivity index (χ2v) is 3.11. The van der Waals surface area contributed by atoms with E-state index in [4.69, 9.17) is 0 Å². The van der Waals surface area contributed by atoms with E-state index < -0.39 is 0 Å². The number of nitrogens with zero attached hydrogens (tertiary/aromatic N) is 1. The summed E-state index contributed by atoms with van der Waals surface area (Å²) in [6, 6.07) is 5.47. The fraction of sp³-hybridized carbons (Fsp3) is 0.200. The molecule has 0 saturated carbocycles. The average Bonchev–Trinajstić information content (AvgIpc) is 2.03. The molecule has 1 N–H and O–H groups in total. The lowest BCUT2D eigenvalue weighted by Gasteiger charge is -2.20. The number of halogens is 1. The number of hydrogen-bond acceptors (Lipinski definition) is 2. The summed E-state index contributed by atoms with van der Waals surface area (Å²) in [4.78, 5) is 2.09. The van der Waals surface area contributed by atoms with E-state index in [1.165, 1.54) is 11.1 Å². The summed E-state index contributed by atoms with van der Waals surface area (Å²) in [5, 5.41) is 9.23. The van der Waals surface area contributed by atoms with Crippen LogP contribution in [0.5, 0.6) is 5.75 Å². The molecule has 0 amide bonds. The Kier molecular flexibility index (Phi) is 3.19. The number of fused-ring (bicyclic) bond motifs is 1. The summed E-state index contributed by atoms with van der Waals surface area (Å²) < 4.78 is 0. The van der Waals surface area contributed by atoms with Crippen molar-refractivity contribution in [1.29, 1.82) is 0 Å². The van der Waals surface area contributed by atoms with Crippen LogP contribution in [0.15, 0.2) is 24.4 Å². The Bertz CT molecular complexity index is 336. The van der Waals surface area contributed by atoms with Crippen LogP contribution < -0.4 is 0 Å². The molecule has 0 radical (unpaired) electrons. The van der Waals surface area contributed by atoms with Crippen molar-refractivity contribution >= 4 is 30.1 Å². The molecule has 70 valence electrons. The quantitative estimate of drug-likeness (QED) is 0.741. The zero-order valence-electron chi connectivity index (χ0n) is 7.40. The van der Waals surface area contributed by atoms with E-state index in [0.717, 1.165) is 6.54 Å². The molecular weight excluding hydrogens is 277 g/mol. The van der Waals surface area contributed by atoms with Crippen LogP contribution >= 0.6 is 24.0 Å². The molecular formula is C10H12INO. The molecule has 0 atom stereocenters. The number of rotatable bonds is 0. The smallest absolute Gasteiger partial charge is 0.115 e. The summed E-state index contributed by atoms with van der Waals surface area (Å²) in [7, 11) is 2.02. The third-order valence-electron chi connectivity index (χ3n) is 2.05. The van der Waals surface area contributed by atoms with Gasteiger partial charge in [0.15, 0.2) is 0 Å². The summed E-state index contributed by atoms with van der Waals surface area (Å²) >= 11 is 0. The summed E-state index contributed by atoms with van der Waals surface area (Å²) in [6.45, 7) is 0.875. The number of aromatic hydroxyl groups is 1. The van der Waals surface area contributed by atoms with E-state index in [0.29, 0.717) is 5.75 Å². The van der Waals surface area contributed by atoms with Gasteiger partial charge in [-0.1, -0.05) is 6.07 Å². The second-order valence-electron chi connectivity index (χ2n) is 3.11. The first-order valence-corrected chi connectivity index (χ1v) is 3.96. The average molecular weight is 289 g/mol. The molecule has 1 aromatic rings. The fourth-order valence-electron chi connectivity index (χ4n) is 1.42. The Morgan fingerprint density at radius 1 is 1.38 bits per heavy atom. The van der Waals surface area contributed by atoms with Gasteiger partial charge in [-0.2, -0.15) is 0 Å². The lowest BCUT2D eigenvalue weighted by atomic mass is 10.0. The first kappa shape index (κ1) is 10.4. The monoisotopic (exact) mass is 289 g/mol. The van der Waals surface area contributed by atoms with Crippen molar-refractivity contribution in [1.82, 2.24) is 4.90 Å². The van der Waals surface area contributed by atoms with Gasteiger partial charge in [0.1, 0.15) is 5.75 Å². The van der Waals surface area contributed by atoms with Gasteiger partial charge < -0.3 is 10.0 Å². The van der Waals surface area contributed by atoms with Crippen LogP contribution in [0.3, 0.4) is 0 Å². The summed E-state index contributed by atoms with van der Waals surface area (Å²) in [6.07, 6.45) is 4.09. The molecule has 0 spiro atoms. The van der Waals surface area contributed by atoms with Gasteiger partial charge in [-0.05, 0) is 35.5 Å². The van der Waals surface area contributed by atoms with Gasteiger partial charge in [-0.25, -0.2) is 0 Å². The number of benzene rings is 1. The SMILES string of the molecule is CN1C=Cc2ccc(O)cc2C1.I. The zero-order chi connectivity index (χ0) is 8.55. The van der Waals surface area contributed by atoms with Crippen molar-refractivity contribution < 1.29 is 5.11 Å². The second kappa shape index (κ2) is 4.00. The highest BCUT2D eigenvalue weighted by molar-refractivity contribution is 14.0. The van der Waals surface area contributed by atoms with Crippen LogP contribution in [0, 0.1) is 0 Å². The maximum Gasteiger partial charge on any atom is 0.115 e. The van der Waals surface area contributed by atoms with Gasteiger partial charge >= 0.3 is 0 Å². The Hall–Kier alpha value is -0.710. The highest BCUT2D eigenvalue weighted by atomic mass is 127. The van der Waals surface area contributed by atoms with Crippen LogP contribution in [-0.2, 0) is 6.54 Å². The molecule has 2 rings (SSSR count). The van der Waals surface area contributed by atoms with Crippen molar-refractivity contribution in [3.8, 4) is 5.75 Å². The van der Waals surface area contributed by atoms with Crippen molar-refractivity contribution in [2.24, 2.45) is 0 Å². The van der Waals surface area contributed by atoms with Gasteiger partial charge in [0, 0.05) is 13.6 Å². The van der Waals surface area contributed by atoms with Gasteiger partial charge in [0.2, 0.25) is 0 Å². The Morgan fingerprint density at radius 3 is 2.92 bits per heavy atom. The molecule has 1 heterocycles. The lowest BCUT2D eigenvalue weighted by molar-refractivity contribution is 0.441.